The lowest BCUT2D eigenvalue weighted by Gasteiger charge is -2.33. The molecule has 3 aromatic rings. The number of H-pyrrole nitrogens is 1. The smallest absolute Gasteiger partial charge is 0.367 e. The molecule has 0 aliphatic carbocycles. The highest BCUT2D eigenvalue weighted by Crippen LogP contribution is 2.29. The van der Waals surface area contributed by atoms with Crippen molar-refractivity contribution in [2.24, 2.45) is 5.92 Å². The van der Waals surface area contributed by atoms with E-state index in [-0.39, 0.29) is 37.2 Å². The highest BCUT2D eigenvalue weighted by molar-refractivity contribution is 6.31. The van der Waals surface area contributed by atoms with Gasteiger partial charge < -0.3 is 15.2 Å². The Labute approximate surface area is 185 Å². The highest BCUT2D eigenvalue weighted by Gasteiger charge is 2.35. The van der Waals surface area contributed by atoms with Gasteiger partial charge in [-0.05, 0) is 24.8 Å². The molecule has 2 N–H and O–H groups in total. The number of anilines is 1. The fourth-order valence-corrected chi connectivity index (χ4v) is 3.92. The summed E-state index contributed by atoms with van der Waals surface area (Å²) in [4.78, 5) is 28.6. The zero-order chi connectivity index (χ0) is 22.9. The van der Waals surface area contributed by atoms with Crippen LogP contribution in [0.15, 0.2) is 24.7 Å². The minimum Gasteiger partial charge on any atom is -0.367 e. The summed E-state index contributed by atoms with van der Waals surface area (Å²) in [5.41, 5.74) is 1.18. The van der Waals surface area contributed by atoms with Crippen molar-refractivity contribution in [3.8, 4) is 11.4 Å². The molecule has 4 rings (SSSR count). The van der Waals surface area contributed by atoms with Gasteiger partial charge in [0.15, 0.2) is 17.5 Å². The first-order chi connectivity index (χ1) is 15.2. The van der Waals surface area contributed by atoms with Gasteiger partial charge in [0.2, 0.25) is 5.91 Å². The van der Waals surface area contributed by atoms with E-state index in [2.05, 4.69) is 25.3 Å². The molecule has 3 aromatic heterocycles. The van der Waals surface area contributed by atoms with Crippen molar-refractivity contribution in [3.63, 3.8) is 0 Å². The summed E-state index contributed by atoms with van der Waals surface area (Å²) in [5, 5.41) is 4.03. The molecule has 32 heavy (non-hydrogen) atoms. The Kier molecular flexibility index (Phi) is 6.18. The molecule has 1 unspecified atom stereocenters. The molecule has 1 aliphatic rings. The number of hydrogen-bond acceptors (Lipinski definition) is 5. The number of rotatable bonds is 5. The molecule has 0 saturated carbocycles. The van der Waals surface area contributed by atoms with Gasteiger partial charge in [-0.15, -0.1) is 0 Å². The van der Waals surface area contributed by atoms with Gasteiger partial charge in [0, 0.05) is 43.0 Å². The Bertz CT molecular complexity index is 1130. The molecular formula is C20H19ClF4N6O. The maximum atomic E-state index is 14.3. The van der Waals surface area contributed by atoms with E-state index in [0.29, 0.717) is 34.5 Å². The van der Waals surface area contributed by atoms with Crippen LogP contribution in [-0.4, -0.2) is 56.6 Å². The van der Waals surface area contributed by atoms with Crippen LogP contribution in [0.25, 0.3) is 22.4 Å². The van der Waals surface area contributed by atoms with Gasteiger partial charge in [-0.2, -0.15) is 13.2 Å². The first-order valence-electron chi connectivity index (χ1n) is 9.93. The predicted octanol–water partition coefficient (Wildman–Crippen LogP) is 4.42. The molecule has 170 valence electrons. The van der Waals surface area contributed by atoms with Crippen molar-refractivity contribution in [2.45, 2.75) is 25.4 Å². The zero-order valence-corrected chi connectivity index (χ0v) is 17.5. The summed E-state index contributed by atoms with van der Waals surface area (Å²) in [6.45, 7) is 0.715. The molecule has 4 heterocycles. The number of aromatic nitrogens is 4. The van der Waals surface area contributed by atoms with Crippen LogP contribution in [0, 0.1) is 11.7 Å². The largest absolute Gasteiger partial charge is 0.397 e. The van der Waals surface area contributed by atoms with Crippen molar-refractivity contribution >= 4 is 34.4 Å². The van der Waals surface area contributed by atoms with Crippen LogP contribution in [0.2, 0.25) is 5.02 Å². The molecular weight excluding hydrogens is 452 g/mol. The van der Waals surface area contributed by atoms with Gasteiger partial charge in [-0.3, -0.25) is 4.79 Å². The van der Waals surface area contributed by atoms with E-state index in [0.717, 1.165) is 6.20 Å². The zero-order valence-electron chi connectivity index (χ0n) is 16.7. The second-order valence-corrected chi connectivity index (χ2v) is 8.10. The maximum Gasteiger partial charge on any atom is 0.397 e. The van der Waals surface area contributed by atoms with Gasteiger partial charge in [-0.25, -0.2) is 19.3 Å². The van der Waals surface area contributed by atoms with Gasteiger partial charge in [0.1, 0.15) is 12.1 Å². The highest BCUT2D eigenvalue weighted by atomic mass is 35.5. The van der Waals surface area contributed by atoms with E-state index >= 15 is 0 Å². The van der Waals surface area contributed by atoms with Crippen molar-refractivity contribution in [3.05, 3.63) is 35.5 Å². The van der Waals surface area contributed by atoms with Crippen LogP contribution < -0.4 is 5.32 Å². The molecule has 1 aliphatic heterocycles. The van der Waals surface area contributed by atoms with Gasteiger partial charge in [0.05, 0.1) is 11.2 Å². The van der Waals surface area contributed by atoms with Gasteiger partial charge >= 0.3 is 6.18 Å². The average molecular weight is 471 g/mol. The molecule has 0 spiro atoms. The average Bonchev–Trinajstić information content (AvgIpc) is 3.15. The third kappa shape index (κ3) is 5.09. The summed E-state index contributed by atoms with van der Waals surface area (Å²) in [6, 6.07) is 1.70. The summed E-state index contributed by atoms with van der Waals surface area (Å²) < 4.78 is 51.9. The number of likely N-dealkylation sites (tertiary alicyclic amines) is 1. The summed E-state index contributed by atoms with van der Waals surface area (Å²) in [6.07, 6.45) is -0.537. The van der Waals surface area contributed by atoms with Crippen LogP contribution in [0.3, 0.4) is 0 Å². The molecule has 7 nitrogen and oxygen atoms in total. The number of amides is 1. The number of pyridine rings is 1. The van der Waals surface area contributed by atoms with Crippen LogP contribution >= 0.6 is 11.6 Å². The van der Waals surface area contributed by atoms with Crippen molar-refractivity contribution in [1.29, 1.82) is 0 Å². The molecule has 0 radical (unpaired) electrons. The van der Waals surface area contributed by atoms with Crippen molar-refractivity contribution in [2.75, 3.05) is 25.0 Å². The monoisotopic (exact) mass is 470 g/mol. The lowest BCUT2D eigenvalue weighted by atomic mass is 9.97. The van der Waals surface area contributed by atoms with Crippen molar-refractivity contribution in [1.82, 2.24) is 24.8 Å². The standard InChI is InChI=1S/C20H19ClF4N6O/c21-12-4-13-14(8-28-17(13)27-7-12)18-29-9-15(22)19(30-18)26-6-11-2-1-3-31(10-11)16(32)5-20(23,24)25/h4,7-9,11H,1-3,5-6,10H2,(H,27,28)(H,26,29,30). The minimum absolute atomic E-state index is 0.0296. The second kappa shape index (κ2) is 8.89. The Morgan fingerprint density at radius 3 is 2.91 bits per heavy atom. The Morgan fingerprint density at radius 2 is 2.12 bits per heavy atom. The van der Waals surface area contributed by atoms with E-state index in [1.54, 1.807) is 12.3 Å². The third-order valence-corrected chi connectivity index (χ3v) is 5.47. The fraction of sp³-hybridized carbons (Fsp3) is 0.400. The van der Waals surface area contributed by atoms with Gasteiger partial charge in [-0.1, -0.05) is 11.6 Å². The molecule has 1 atom stereocenters. The lowest BCUT2D eigenvalue weighted by molar-refractivity contribution is -0.162. The van der Waals surface area contributed by atoms with E-state index in [1.807, 2.05) is 0 Å². The molecule has 1 amide bonds. The van der Waals surface area contributed by atoms with Crippen molar-refractivity contribution < 1.29 is 22.4 Å². The number of carbonyl (C=O) groups is 1. The summed E-state index contributed by atoms with van der Waals surface area (Å²) in [7, 11) is 0. The quantitative estimate of drug-likeness (QED) is 0.539. The number of alkyl halides is 3. The second-order valence-electron chi connectivity index (χ2n) is 7.66. The van der Waals surface area contributed by atoms with Crippen LogP contribution in [0.5, 0.6) is 0 Å². The fourth-order valence-electron chi connectivity index (χ4n) is 3.77. The number of nitrogens with one attached hydrogen (secondary N) is 2. The summed E-state index contributed by atoms with van der Waals surface area (Å²) in [5.74, 6) is -1.50. The maximum absolute atomic E-state index is 14.3. The third-order valence-electron chi connectivity index (χ3n) is 5.26. The van der Waals surface area contributed by atoms with E-state index < -0.39 is 24.3 Å². The summed E-state index contributed by atoms with van der Waals surface area (Å²) >= 11 is 6.02. The number of hydrogen-bond donors (Lipinski definition) is 2. The molecule has 0 bridgehead atoms. The van der Waals surface area contributed by atoms with Crippen LogP contribution in [0.4, 0.5) is 23.4 Å². The molecule has 12 heteroatoms. The number of nitrogens with zero attached hydrogens (tertiary/aromatic N) is 4. The van der Waals surface area contributed by atoms with Crippen LogP contribution in [-0.2, 0) is 4.79 Å². The first-order valence-corrected chi connectivity index (χ1v) is 10.3. The lowest BCUT2D eigenvalue weighted by Crippen LogP contribution is -2.43. The number of fused-ring (bicyclic) bond motifs is 1. The topological polar surface area (TPSA) is 86.8 Å². The molecule has 1 saturated heterocycles. The van der Waals surface area contributed by atoms with E-state index in [4.69, 9.17) is 11.6 Å². The number of halogens is 5. The molecule has 1 fully saturated rings. The predicted molar refractivity (Wildman–Crippen MR) is 111 cm³/mol. The number of piperidine rings is 1. The Balaban J connectivity index is 1.46. The number of aromatic amines is 1. The number of carbonyl (C=O) groups excluding carboxylic acids is 1. The molecule has 0 aromatic carbocycles. The van der Waals surface area contributed by atoms with Crippen LogP contribution in [0.1, 0.15) is 19.3 Å². The first kappa shape index (κ1) is 22.3. The Morgan fingerprint density at radius 1 is 1.31 bits per heavy atom. The van der Waals surface area contributed by atoms with E-state index in [1.165, 1.54) is 11.1 Å². The van der Waals surface area contributed by atoms with Gasteiger partial charge in [0.25, 0.3) is 0 Å². The minimum atomic E-state index is -4.54. The normalized spacial score (nSPS) is 17.0. The Hall–Kier alpha value is -2.95. The van der Waals surface area contributed by atoms with E-state index in [9.17, 15) is 22.4 Å². The SMILES string of the molecule is O=C(CC(F)(F)F)N1CCCC(CNc2nc(-c3c[nH]c4ncc(Cl)cc34)ncc2F)C1.